The van der Waals surface area contributed by atoms with E-state index < -0.39 is 0 Å². The molecule has 1 saturated heterocycles. The lowest BCUT2D eigenvalue weighted by Crippen LogP contribution is -2.21. The first-order valence-electron chi connectivity index (χ1n) is 9.00. The van der Waals surface area contributed by atoms with E-state index in [0.717, 1.165) is 50.9 Å². The number of aliphatic hydroxyl groups excluding tert-OH is 1. The van der Waals surface area contributed by atoms with Gasteiger partial charge in [0.15, 0.2) is 0 Å². The third-order valence-electron chi connectivity index (χ3n) is 4.95. The number of hydrogen-bond donors (Lipinski definition) is 1. The Morgan fingerprint density at radius 2 is 1.96 bits per heavy atom. The van der Waals surface area contributed by atoms with Crippen LogP contribution in [0.3, 0.4) is 0 Å². The van der Waals surface area contributed by atoms with Crippen LogP contribution in [0.1, 0.15) is 50.2 Å². The fourth-order valence-corrected chi connectivity index (χ4v) is 3.62. The Labute approximate surface area is 140 Å². The highest BCUT2D eigenvalue weighted by molar-refractivity contribution is 5.81. The molecule has 128 valence electrons. The maximum absolute atomic E-state index is 12.5. The van der Waals surface area contributed by atoms with Crippen molar-refractivity contribution in [2.24, 2.45) is 11.8 Å². The van der Waals surface area contributed by atoms with Gasteiger partial charge in [0.1, 0.15) is 5.78 Å². The summed E-state index contributed by atoms with van der Waals surface area (Å²) < 4.78 is 5.41. The first-order valence-corrected chi connectivity index (χ1v) is 9.00. The number of Topliss-reactive ketones (excluding diaryl/α,β-unsaturated/α-hetero) is 1. The third kappa shape index (κ3) is 6.08. The fraction of sp³-hybridized carbons (Fsp3) is 0.650. The van der Waals surface area contributed by atoms with E-state index in [-0.39, 0.29) is 6.61 Å². The highest BCUT2D eigenvalue weighted by Gasteiger charge is 2.21. The summed E-state index contributed by atoms with van der Waals surface area (Å²) in [5, 5.41) is 9.31. The van der Waals surface area contributed by atoms with Gasteiger partial charge in [-0.2, -0.15) is 0 Å². The molecule has 0 amide bonds. The molecule has 1 aromatic rings. The zero-order valence-electron chi connectivity index (χ0n) is 14.3. The van der Waals surface area contributed by atoms with Gasteiger partial charge in [-0.05, 0) is 55.1 Å². The number of rotatable bonds is 9. The third-order valence-corrected chi connectivity index (χ3v) is 4.95. The molecular formula is C20H30O3. The van der Waals surface area contributed by atoms with E-state index >= 15 is 0 Å². The summed E-state index contributed by atoms with van der Waals surface area (Å²) in [6, 6.07) is 8.22. The Bertz CT molecular complexity index is 478. The maximum atomic E-state index is 12.5. The van der Waals surface area contributed by atoms with Gasteiger partial charge in [-0.3, -0.25) is 4.79 Å². The molecule has 1 aromatic carbocycles. The van der Waals surface area contributed by atoms with Crippen LogP contribution in [0.25, 0.3) is 0 Å². The average Bonchev–Trinajstić information content (AvgIpc) is 2.56. The minimum atomic E-state index is 0.173. The van der Waals surface area contributed by atoms with Crippen molar-refractivity contribution in [3.63, 3.8) is 0 Å². The topological polar surface area (TPSA) is 46.5 Å². The van der Waals surface area contributed by atoms with Gasteiger partial charge >= 0.3 is 0 Å². The average molecular weight is 318 g/mol. The van der Waals surface area contributed by atoms with Crippen LogP contribution in [0.4, 0.5) is 0 Å². The van der Waals surface area contributed by atoms with Gasteiger partial charge in [-0.1, -0.05) is 31.2 Å². The van der Waals surface area contributed by atoms with Gasteiger partial charge in [-0.25, -0.2) is 0 Å². The van der Waals surface area contributed by atoms with Crippen molar-refractivity contribution in [3.05, 3.63) is 35.4 Å². The largest absolute Gasteiger partial charge is 0.396 e. The highest BCUT2D eigenvalue weighted by Crippen LogP contribution is 2.27. The molecule has 1 fully saturated rings. The zero-order chi connectivity index (χ0) is 16.5. The van der Waals surface area contributed by atoms with Crippen LogP contribution in [0.15, 0.2) is 24.3 Å². The summed E-state index contributed by atoms with van der Waals surface area (Å²) >= 11 is 0. The summed E-state index contributed by atoms with van der Waals surface area (Å²) in [4.78, 5) is 12.5. The quantitative estimate of drug-likeness (QED) is 0.757. The Balaban J connectivity index is 1.89. The number of benzene rings is 1. The summed E-state index contributed by atoms with van der Waals surface area (Å²) in [7, 11) is 0. The Morgan fingerprint density at radius 3 is 2.61 bits per heavy atom. The summed E-state index contributed by atoms with van der Waals surface area (Å²) in [5.74, 6) is 1.26. The van der Waals surface area contributed by atoms with Crippen LogP contribution in [-0.2, 0) is 22.4 Å². The second kappa shape index (κ2) is 9.84. The maximum Gasteiger partial charge on any atom is 0.137 e. The van der Waals surface area contributed by atoms with Crippen LogP contribution in [-0.4, -0.2) is 30.7 Å². The number of aliphatic hydroxyl groups is 1. The van der Waals surface area contributed by atoms with Crippen molar-refractivity contribution in [3.8, 4) is 0 Å². The molecule has 1 atom stereocenters. The Hall–Kier alpha value is -1.19. The Morgan fingerprint density at radius 1 is 1.26 bits per heavy atom. The van der Waals surface area contributed by atoms with Crippen molar-refractivity contribution in [2.45, 2.75) is 51.9 Å². The Kier molecular flexibility index (Phi) is 7.77. The first-order chi connectivity index (χ1) is 11.2. The van der Waals surface area contributed by atoms with E-state index in [1.807, 2.05) is 12.1 Å². The molecule has 1 unspecified atom stereocenters. The molecule has 23 heavy (non-hydrogen) atoms. The number of carbonyl (C=O) groups excluding carboxylic acids is 1. The van der Waals surface area contributed by atoms with Gasteiger partial charge in [-0.15, -0.1) is 0 Å². The molecule has 0 bridgehead atoms. The predicted molar refractivity (Wildman–Crippen MR) is 92.5 cm³/mol. The standard InChI is InChI=1S/C20H30O3/c1-2-18-5-3-4-6-19(18)15-20(22)14-17(7-10-21)13-16-8-11-23-12-9-16/h3-6,16-17,21H,2,7-15H2,1H3. The van der Waals surface area contributed by atoms with Crippen LogP contribution in [0.5, 0.6) is 0 Å². The fourth-order valence-electron chi connectivity index (χ4n) is 3.62. The molecule has 1 N–H and O–H groups in total. The number of carbonyl (C=O) groups is 1. The first kappa shape index (κ1) is 18.2. The lowest BCUT2D eigenvalue weighted by Gasteiger charge is -2.26. The van der Waals surface area contributed by atoms with Crippen LogP contribution >= 0.6 is 0 Å². The second-order valence-corrected chi connectivity index (χ2v) is 6.71. The van der Waals surface area contributed by atoms with Gasteiger partial charge in [0.2, 0.25) is 0 Å². The zero-order valence-corrected chi connectivity index (χ0v) is 14.3. The van der Waals surface area contributed by atoms with E-state index in [1.54, 1.807) is 0 Å². The normalized spacial score (nSPS) is 17.1. The minimum Gasteiger partial charge on any atom is -0.396 e. The van der Waals surface area contributed by atoms with Crippen LogP contribution in [0.2, 0.25) is 0 Å². The molecular weight excluding hydrogens is 288 g/mol. The second-order valence-electron chi connectivity index (χ2n) is 6.71. The molecule has 0 aliphatic carbocycles. The number of ether oxygens (including phenoxy) is 1. The van der Waals surface area contributed by atoms with E-state index in [4.69, 9.17) is 4.74 Å². The van der Waals surface area contributed by atoms with E-state index in [0.29, 0.717) is 30.5 Å². The van der Waals surface area contributed by atoms with Crippen LogP contribution < -0.4 is 0 Å². The number of aryl methyl sites for hydroxylation is 1. The van der Waals surface area contributed by atoms with Gasteiger partial charge < -0.3 is 9.84 Å². The summed E-state index contributed by atoms with van der Waals surface area (Å²) in [6.45, 7) is 3.98. The molecule has 0 saturated carbocycles. The van der Waals surface area contributed by atoms with Crippen molar-refractivity contribution >= 4 is 5.78 Å². The van der Waals surface area contributed by atoms with Crippen molar-refractivity contribution in [1.29, 1.82) is 0 Å². The molecule has 2 rings (SSSR count). The van der Waals surface area contributed by atoms with E-state index in [2.05, 4.69) is 19.1 Å². The highest BCUT2D eigenvalue weighted by atomic mass is 16.5. The summed E-state index contributed by atoms with van der Waals surface area (Å²) in [6.07, 6.45) is 6.05. The molecule has 3 nitrogen and oxygen atoms in total. The number of ketones is 1. The predicted octanol–water partition coefficient (Wildman–Crippen LogP) is 3.57. The van der Waals surface area contributed by atoms with E-state index in [9.17, 15) is 9.90 Å². The monoisotopic (exact) mass is 318 g/mol. The lowest BCUT2D eigenvalue weighted by atomic mass is 9.84. The molecule has 1 aliphatic heterocycles. The van der Waals surface area contributed by atoms with Gasteiger partial charge in [0.25, 0.3) is 0 Å². The molecule has 1 heterocycles. The molecule has 0 aromatic heterocycles. The van der Waals surface area contributed by atoms with Gasteiger partial charge in [0.05, 0.1) is 0 Å². The SMILES string of the molecule is CCc1ccccc1CC(=O)CC(CCO)CC1CCOCC1. The smallest absolute Gasteiger partial charge is 0.137 e. The molecule has 0 radical (unpaired) electrons. The van der Waals surface area contributed by atoms with Crippen molar-refractivity contribution in [2.75, 3.05) is 19.8 Å². The van der Waals surface area contributed by atoms with Gasteiger partial charge in [0, 0.05) is 32.7 Å². The lowest BCUT2D eigenvalue weighted by molar-refractivity contribution is -0.119. The minimum absolute atomic E-state index is 0.173. The molecule has 1 aliphatic rings. The molecule has 0 spiro atoms. The number of hydrogen-bond acceptors (Lipinski definition) is 3. The van der Waals surface area contributed by atoms with Crippen LogP contribution in [0, 0.1) is 11.8 Å². The van der Waals surface area contributed by atoms with Crippen molar-refractivity contribution < 1.29 is 14.6 Å². The van der Waals surface area contributed by atoms with Crippen molar-refractivity contribution in [1.82, 2.24) is 0 Å². The van der Waals surface area contributed by atoms with E-state index in [1.165, 1.54) is 5.56 Å². The summed E-state index contributed by atoms with van der Waals surface area (Å²) in [5.41, 5.74) is 2.43. The molecule has 3 heteroatoms.